The Kier molecular flexibility index (Phi) is 6.29. The van der Waals surface area contributed by atoms with Crippen LogP contribution in [0, 0.1) is 0 Å². The van der Waals surface area contributed by atoms with Crippen molar-refractivity contribution in [2.45, 2.75) is 18.6 Å². The summed E-state index contributed by atoms with van der Waals surface area (Å²) in [7, 11) is 0. The SMILES string of the molecule is CSCCC(CN)Nc1cc(Cl)cc(C(F)(F)F)c1. The number of rotatable bonds is 6. The maximum absolute atomic E-state index is 12.7. The topological polar surface area (TPSA) is 38.0 Å². The summed E-state index contributed by atoms with van der Waals surface area (Å²) in [4.78, 5) is 0. The highest BCUT2D eigenvalue weighted by atomic mass is 35.5. The van der Waals surface area contributed by atoms with E-state index in [1.165, 1.54) is 6.07 Å². The third-order valence-electron chi connectivity index (χ3n) is 2.55. The second kappa shape index (κ2) is 7.26. The van der Waals surface area contributed by atoms with Crippen molar-refractivity contribution < 1.29 is 13.2 Å². The molecule has 0 spiro atoms. The van der Waals surface area contributed by atoms with Gasteiger partial charge in [0.2, 0.25) is 0 Å². The molecule has 3 N–H and O–H groups in total. The quantitative estimate of drug-likeness (QED) is 0.838. The van der Waals surface area contributed by atoms with Crippen LogP contribution in [0.5, 0.6) is 0 Å². The van der Waals surface area contributed by atoms with Gasteiger partial charge in [-0.3, -0.25) is 0 Å². The number of nitrogens with one attached hydrogen (secondary N) is 1. The number of nitrogens with two attached hydrogens (primary N) is 1. The lowest BCUT2D eigenvalue weighted by atomic mass is 10.1. The highest BCUT2D eigenvalue weighted by molar-refractivity contribution is 7.98. The molecule has 1 rings (SSSR count). The summed E-state index contributed by atoms with van der Waals surface area (Å²) in [5, 5.41) is 3.05. The van der Waals surface area contributed by atoms with Gasteiger partial charge in [0.15, 0.2) is 0 Å². The molecule has 1 atom stereocenters. The summed E-state index contributed by atoms with van der Waals surface area (Å²) in [6, 6.07) is 3.37. The number of alkyl halides is 3. The summed E-state index contributed by atoms with van der Waals surface area (Å²) in [5.74, 6) is 0.890. The van der Waals surface area contributed by atoms with Gasteiger partial charge in [-0.1, -0.05) is 11.6 Å². The van der Waals surface area contributed by atoms with Gasteiger partial charge in [-0.05, 0) is 36.6 Å². The molecule has 0 aliphatic heterocycles. The zero-order chi connectivity index (χ0) is 14.5. The van der Waals surface area contributed by atoms with Crippen LogP contribution < -0.4 is 11.1 Å². The third kappa shape index (κ3) is 5.50. The minimum Gasteiger partial charge on any atom is -0.381 e. The first-order valence-corrected chi connectivity index (χ1v) is 7.47. The van der Waals surface area contributed by atoms with Crippen LogP contribution in [0.1, 0.15) is 12.0 Å². The van der Waals surface area contributed by atoms with Crippen molar-refractivity contribution in [1.82, 2.24) is 0 Å². The zero-order valence-corrected chi connectivity index (χ0v) is 12.0. The smallest absolute Gasteiger partial charge is 0.381 e. The molecule has 0 aliphatic rings. The molecule has 1 unspecified atom stereocenters. The lowest BCUT2D eigenvalue weighted by Crippen LogP contribution is -2.29. The summed E-state index contributed by atoms with van der Waals surface area (Å²) < 4.78 is 38.0. The van der Waals surface area contributed by atoms with Crippen LogP contribution in [0.4, 0.5) is 18.9 Å². The maximum Gasteiger partial charge on any atom is 0.416 e. The third-order valence-corrected chi connectivity index (χ3v) is 3.41. The van der Waals surface area contributed by atoms with E-state index >= 15 is 0 Å². The molecular weight excluding hydrogens is 297 g/mol. The predicted octanol–water partition coefficient (Wildman–Crippen LogP) is 3.85. The molecule has 0 heterocycles. The first kappa shape index (κ1) is 16.5. The molecule has 0 amide bonds. The largest absolute Gasteiger partial charge is 0.416 e. The fraction of sp³-hybridized carbons (Fsp3) is 0.500. The van der Waals surface area contributed by atoms with E-state index in [0.717, 1.165) is 24.3 Å². The normalized spacial score (nSPS) is 13.4. The Morgan fingerprint density at radius 3 is 2.58 bits per heavy atom. The lowest BCUT2D eigenvalue weighted by molar-refractivity contribution is -0.137. The van der Waals surface area contributed by atoms with Gasteiger partial charge in [0.1, 0.15) is 0 Å². The number of anilines is 1. The van der Waals surface area contributed by atoms with E-state index < -0.39 is 11.7 Å². The molecule has 2 nitrogen and oxygen atoms in total. The van der Waals surface area contributed by atoms with Crippen molar-refractivity contribution in [3.8, 4) is 0 Å². The summed E-state index contributed by atoms with van der Waals surface area (Å²) in [6.07, 6.45) is -1.65. The zero-order valence-electron chi connectivity index (χ0n) is 10.4. The van der Waals surface area contributed by atoms with E-state index in [0.29, 0.717) is 12.2 Å². The number of hydrogen-bond donors (Lipinski definition) is 2. The molecule has 108 valence electrons. The number of benzene rings is 1. The number of thioether (sulfide) groups is 1. The summed E-state index contributed by atoms with van der Waals surface area (Å²) >= 11 is 7.38. The van der Waals surface area contributed by atoms with E-state index in [2.05, 4.69) is 5.32 Å². The Bertz CT molecular complexity index is 412. The molecule has 19 heavy (non-hydrogen) atoms. The second-order valence-corrected chi connectivity index (χ2v) is 5.51. The van der Waals surface area contributed by atoms with Crippen molar-refractivity contribution in [3.63, 3.8) is 0 Å². The van der Waals surface area contributed by atoms with E-state index in [1.807, 2.05) is 6.26 Å². The first-order chi connectivity index (χ1) is 8.86. The monoisotopic (exact) mass is 312 g/mol. The van der Waals surface area contributed by atoms with Gasteiger partial charge in [0, 0.05) is 23.3 Å². The average Bonchev–Trinajstić information content (AvgIpc) is 2.32. The molecule has 1 aromatic carbocycles. The van der Waals surface area contributed by atoms with Crippen molar-refractivity contribution in [2.24, 2.45) is 5.73 Å². The van der Waals surface area contributed by atoms with Crippen LogP contribution in [0.2, 0.25) is 5.02 Å². The van der Waals surface area contributed by atoms with Crippen LogP contribution in [-0.2, 0) is 6.18 Å². The van der Waals surface area contributed by atoms with Gasteiger partial charge in [0.25, 0.3) is 0 Å². The summed E-state index contributed by atoms with van der Waals surface area (Å²) in [5.41, 5.74) is 5.18. The Morgan fingerprint density at radius 2 is 2.05 bits per heavy atom. The fourth-order valence-corrected chi connectivity index (χ4v) is 2.34. The van der Waals surface area contributed by atoms with Crippen LogP contribution in [-0.4, -0.2) is 24.6 Å². The fourth-order valence-electron chi connectivity index (χ4n) is 1.58. The average molecular weight is 313 g/mol. The van der Waals surface area contributed by atoms with Crippen molar-refractivity contribution in [1.29, 1.82) is 0 Å². The molecule has 7 heteroatoms. The van der Waals surface area contributed by atoms with Gasteiger partial charge < -0.3 is 11.1 Å². The minimum atomic E-state index is -4.40. The predicted molar refractivity (Wildman–Crippen MR) is 75.9 cm³/mol. The van der Waals surface area contributed by atoms with Gasteiger partial charge in [-0.25, -0.2) is 0 Å². The molecule has 0 bridgehead atoms. The van der Waals surface area contributed by atoms with E-state index in [4.69, 9.17) is 17.3 Å². The second-order valence-electron chi connectivity index (χ2n) is 4.08. The van der Waals surface area contributed by atoms with E-state index in [9.17, 15) is 13.2 Å². The lowest BCUT2D eigenvalue weighted by Gasteiger charge is -2.19. The van der Waals surface area contributed by atoms with Crippen LogP contribution >= 0.6 is 23.4 Å². The minimum absolute atomic E-state index is 0.0537. The molecular formula is C12H16ClF3N2S. The molecule has 1 aromatic rings. The van der Waals surface area contributed by atoms with Gasteiger partial charge in [-0.2, -0.15) is 24.9 Å². The molecule has 0 radical (unpaired) electrons. The van der Waals surface area contributed by atoms with Gasteiger partial charge >= 0.3 is 6.18 Å². The van der Waals surface area contributed by atoms with Crippen molar-refractivity contribution in [3.05, 3.63) is 28.8 Å². The Labute approximate surface area is 119 Å². The molecule has 0 fully saturated rings. The highest BCUT2D eigenvalue weighted by Crippen LogP contribution is 2.33. The van der Waals surface area contributed by atoms with Crippen LogP contribution in [0.15, 0.2) is 18.2 Å². The van der Waals surface area contributed by atoms with Crippen LogP contribution in [0.3, 0.4) is 0 Å². The van der Waals surface area contributed by atoms with E-state index in [-0.39, 0.29) is 11.1 Å². The number of halogens is 4. The van der Waals surface area contributed by atoms with Gasteiger partial charge in [0.05, 0.1) is 5.56 Å². The standard InChI is InChI=1S/C12H16ClF3N2S/c1-19-3-2-10(7-17)18-11-5-8(12(14,15)16)4-9(13)6-11/h4-6,10,18H,2-3,7,17H2,1H3. The van der Waals surface area contributed by atoms with Crippen LogP contribution in [0.25, 0.3) is 0 Å². The van der Waals surface area contributed by atoms with Crippen molar-refractivity contribution in [2.75, 3.05) is 23.9 Å². The maximum atomic E-state index is 12.7. The Balaban J connectivity index is 2.85. The Morgan fingerprint density at radius 1 is 1.37 bits per heavy atom. The molecule has 0 aliphatic carbocycles. The summed E-state index contributed by atoms with van der Waals surface area (Å²) in [6.45, 7) is 0.356. The highest BCUT2D eigenvalue weighted by Gasteiger charge is 2.31. The molecule has 0 saturated carbocycles. The van der Waals surface area contributed by atoms with E-state index in [1.54, 1.807) is 11.8 Å². The van der Waals surface area contributed by atoms with Gasteiger partial charge in [-0.15, -0.1) is 0 Å². The first-order valence-electron chi connectivity index (χ1n) is 5.70. The Hall–Kier alpha value is -0.590. The number of hydrogen-bond acceptors (Lipinski definition) is 3. The molecule has 0 saturated heterocycles. The van der Waals surface area contributed by atoms with Crippen molar-refractivity contribution >= 4 is 29.1 Å². The molecule has 0 aromatic heterocycles.